The van der Waals surface area contributed by atoms with Gasteiger partial charge in [0.2, 0.25) is 0 Å². The largest absolute Gasteiger partial charge is 0.444 e. The number of carbonyl (C=O) groups is 1. The van der Waals surface area contributed by atoms with E-state index >= 15 is 0 Å². The maximum atomic E-state index is 11.9. The smallest absolute Gasteiger partial charge is 0.410 e. The summed E-state index contributed by atoms with van der Waals surface area (Å²) in [5, 5.41) is 9.19. The molecular formula is C12H23NO3. The summed E-state index contributed by atoms with van der Waals surface area (Å²) in [6.07, 6.45) is 1.90. The van der Waals surface area contributed by atoms with Crippen molar-refractivity contribution in [3.05, 3.63) is 12.7 Å². The van der Waals surface area contributed by atoms with E-state index in [1.807, 2.05) is 27.7 Å². The summed E-state index contributed by atoms with van der Waals surface area (Å²) in [6, 6.07) is -0.215. The molecule has 0 bridgehead atoms. The Balaban J connectivity index is 4.63. The third-order valence-electron chi connectivity index (χ3n) is 2.08. The summed E-state index contributed by atoms with van der Waals surface area (Å²) in [6.45, 7) is 11.3. The van der Waals surface area contributed by atoms with Gasteiger partial charge in [-0.05, 0) is 27.2 Å². The van der Waals surface area contributed by atoms with Crippen molar-refractivity contribution in [2.24, 2.45) is 0 Å². The molecule has 1 atom stereocenters. The first-order valence-corrected chi connectivity index (χ1v) is 5.57. The summed E-state index contributed by atoms with van der Waals surface area (Å²) in [7, 11) is 0. The van der Waals surface area contributed by atoms with Crippen molar-refractivity contribution < 1.29 is 14.6 Å². The lowest BCUT2D eigenvalue weighted by molar-refractivity contribution is 0.0119. The van der Waals surface area contributed by atoms with Crippen LogP contribution >= 0.6 is 0 Å². The molecule has 0 rings (SSSR count). The lowest BCUT2D eigenvalue weighted by Crippen LogP contribution is -2.44. The number of hydrogen-bond donors (Lipinski definition) is 1. The summed E-state index contributed by atoms with van der Waals surface area (Å²) >= 11 is 0. The van der Waals surface area contributed by atoms with Crippen LogP contribution in [-0.4, -0.2) is 40.9 Å². The van der Waals surface area contributed by atoms with E-state index in [9.17, 15) is 9.90 Å². The summed E-state index contributed by atoms with van der Waals surface area (Å²) in [5.41, 5.74) is -0.524. The average Bonchev–Trinajstić information content (AvgIpc) is 2.15. The van der Waals surface area contributed by atoms with Crippen LogP contribution in [0.15, 0.2) is 12.7 Å². The van der Waals surface area contributed by atoms with Gasteiger partial charge in [-0.25, -0.2) is 4.79 Å². The SMILES string of the molecule is C=CCN(C(=O)OC(C)(C)C)C(CC)CO. The Bertz CT molecular complexity index is 229. The summed E-state index contributed by atoms with van der Waals surface area (Å²) in [5.74, 6) is 0. The van der Waals surface area contributed by atoms with E-state index < -0.39 is 11.7 Å². The van der Waals surface area contributed by atoms with E-state index in [0.717, 1.165) is 0 Å². The van der Waals surface area contributed by atoms with E-state index in [2.05, 4.69) is 6.58 Å². The molecule has 0 aliphatic rings. The molecule has 0 aromatic carbocycles. The van der Waals surface area contributed by atoms with Gasteiger partial charge in [-0.1, -0.05) is 13.0 Å². The zero-order valence-electron chi connectivity index (χ0n) is 10.7. The molecule has 0 heterocycles. The molecule has 0 fully saturated rings. The Morgan fingerprint density at radius 2 is 2.12 bits per heavy atom. The van der Waals surface area contributed by atoms with Gasteiger partial charge in [0, 0.05) is 6.54 Å². The van der Waals surface area contributed by atoms with Crippen LogP contribution in [0.1, 0.15) is 34.1 Å². The van der Waals surface area contributed by atoms with Gasteiger partial charge >= 0.3 is 6.09 Å². The second-order valence-corrected chi connectivity index (χ2v) is 4.67. The second-order valence-electron chi connectivity index (χ2n) is 4.67. The normalized spacial score (nSPS) is 13.1. The number of aliphatic hydroxyl groups is 1. The Kier molecular flexibility index (Phi) is 6.11. The highest BCUT2D eigenvalue weighted by atomic mass is 16.6. The third kappa shape index (κ3) is 5.16. The van der Waals surface area contributed by atoms with E-state index in [-0.39, 0.29) is 12.6 Å². The lowest BCUT2D eigenvalue weighted by Gasteiger charge is -2.31. The molecule has 0 spiro atoms. The minimum absolute atomic E-state index is 0.0659. The highest BCUT2D eigenvalue weighted by Gasteiger charge is 2.25. The van der Waals surface area contributed by atoms with E-state index in [4.69, 9.17) is 4.74 Å². The first-order chi connectivity index (χ1) is 7.35. The molecule has 4 heteroatoms. The number of rotatable bonds is 5. The molecule has 0 aromatic heterocycles. The van der Waals surface area contributed by atoms with Gasteiger partial charge in [0.1, 0.15) is 5.60 Å². The fourth-order valence-electron chi connectivity index (χ4n) is 1.28. The Morgan fingerprint density at radius 3 is 2.44 bits per heavy atom. The molecule has 0 saturated heterocycles. The van der Waals surface area contributed by atoms with Gasteiger partial charge in [0.05, 0.1) is 12.6 Å². The molecule has 0 radical (unpaired) electrons. The highest BCUT2D eigenvalue weighted by Crippen LogP contribution is 2.13. The zero-order chi connectivity index (χ0) is 12.8. The molecule has 1 amide bonds. The molecule has 0 aliphatic heterocycles. The summed E-state index contributed by atoms with van der Waals surface area (Å²) in [4.78, 5) is 13.4. The van der Waals surface area contributed by atoms with Crippen LogP contribution in [0, 0.1) is 0 Å². The molecule has 0 aliphatic carbocycles. The number of aliphatic hydroxyl groups excluding tert-OH is 1. The van der Waals surface area contributed by atoms with Gasteiger partial charge in [-0.15, -0.1) is 6.58 Å². The average molecular weight is 229 g/mol. The molecule has 0 saturated carbocycles. The van der Waals surface area contributed by atoms with E-state index in [1.54, 1.807) is 6.08 Å². The van der Waals surface area contributed by atoms with Gasteiger partial charge < -0.3 is 9.84 Å². The standard InChI is InChI=1S/C12H23NO3/c1-6-8-13(10(7-2)9-14)11(15)16-12(3,4)5/h6,10,14H,1,7-9H2,2-5H3. The monoisotopic (exact) mass is 229 g/mol. The van der Waals surface area contributed by atoms with Crippen molar-refractivity contribution in [1.82, 2.24) is 4.90 Å². The molecule has 1 N–H and O–H groups in total. The third-order valence-corrected chi connectivity index (χ3v) is 2.08. The Morgan fingerprint density at radius 1 is 1.56 bits per heavy atom. The van der Waals surface area contributed by atoms with Crippen molar-refractivity contribution >= 4 is 6.09 Å². The predicted molar refractivity (Wildman–Crippen MR) is 64.3 cm³/mol. The van der Waals surface area contributed by atoms with Gasteiger partial charge in [-0.2, -0.15) is 0 Å². The van der Waals surface area contributed by atoms with Crippen LogP contribution in [-0.2, 0) is 4.74 Å². The summed E-state index contributed by atoms with van der Waals surface area (Å²) < 4.78 is 5.27. The molecule has 16 heavy (non-hydrogen) atoms. The fraction of sp³-hybridized carbons (Fsp3) is 0.750. The van der Waals surface area contributed by atoms with Crippen LogP contribution in [0.2, 0.25) is 0 Å². The van der Waals surface area contributed by atoms with Gasteiger partial charge in [0.25, 0.3) is 0 Å². The maximum Gasteiger partial charge on any atom is 0.410 e. The van der Waals surface area contributed by atoms with Crippen molar-refractivity contribution in [2.75, 3.05) is 13.2 Å². The topological polar surface area (TPSA) is 49.8 Å². The van der Waals surface area contributed by atoms with Crippen LogP contribution in [0.4, 0.5) is 4.79 Å². The van der Waals surface area contributed by atoms with Gasteiger partial charge in [0.15, 0.2) is 0 Å². The number of hydrogen-bond acceptors (Lipinski definition) is 3. The van der Waals surface area contributed by atoms with Crippen LogP contribution in [0.5, 0.6) is 0 Å². The van der Waals surface area contributed by atoms with Crippen molar-refractivity contribution in [3.8, 4) is 0 Å². The quantitative estimate of drug-likeness (QED) is 0.735. The highest BCUT2D eigenvalue weighted by molar-refractivity contribution is 5.68. The molecular weight excluding hydrogens is 206 g/mol. The lowest BCUT2D eigenvalue weighted by atomic mass is 10.2. The van der Waals surface area contributed by atoms with Crippen molar-refractivity contribution in [3.63, 3.8) is 0 Å². The molecule has 4 nitrogen and oxygen atoms in total. The Labute approximate surface area is 97.9 Å². The minimum Gasteiger partial charge on any atom is -0.444 e. The fourth-order valence-corrected chi connectivity index (χ4v) is 1.28. The van der Waals surface area contributed by atoms with E-state index in [0.29, 0.717) is 13.0 Å². The van der Waals surface area contributed by atoms with Gasteiger partial charge in [-0.3, -0.25) is 4.90 Å². The predicted octanol–water partition coefficient (Wildman–Crippen LogP) is 2.18. The van der Waals surface area contributed by atoms with Crippen LogP contribution < -0.4 is 0 Å². The molecule has 1 unspecified atom stereocenters. The minimum atomic E-state index is -0.524. The number of carbonyl (C=O) groups excluding carboxylic acids is 1. The number of ether oxygens (including phenoxy) is 1. The second kappa shape index (κ2) is 6.53. The first kappa shape index (κ1) is 15.0. The molecule has 0 aromatic rings. The molecule has 94 valence electrons. The van der Waals surface area contributed by atoms with Crippen LogP contribution in [0.3, 0.4) is 0 Å². The maximum absolute atomic E-state index is 11.9. The number of amides is 1. The van der Waals surface area contributed by atoms with E-state index in [1.165, 1.54) is 4.90 Å². The number of nitrogens with zero attached hydrogens (tertiary/aromatic N) is 1. The van der Waals surface area contributed by atoms with Crippen molar-refractivity contribution in [2.45, 2.75) is 45.8 Å². The van der Waals surface area contributed by atoms with Crippen LogP contribution in [0.25, 0.3) is 0 Å². The van der Waals surface area contributed by atoms with Crippen molar-refractivity contribution in [1.29, 1.82) is 0 Å². The first-order valence-electron chi connectivity index (χ1n) is 5.57. The zero-order valence-corrected chi connectivity index (χ0v) is 10.7. The Hall–Kier alpha value is -1.03.